The van der Waals surface area contributed by atoms with Crippen LogP contribution in [0.15, 0.2) is 42.6 Å². The summed E-state index contributed by atoms with van der Waals surface area (Å²) in [7, 11) is 0. The van der Waals surface area contributed by atoms with Gasteiger partial charge in [-0.15, -0.1) is 0 Å². The number of hydrogen-bond donors (Lipinski definition) is 3. The molecule has 0 aliphatic rings. The average molecular weight is 258 g/mol. The molecule has 5 heteroatoms. The molecule has 98 valence electrons. The number of benzene rings is 1. The molecule has 1 aromatic heterocycles. The second-order valence-corrected chi connectivity index (χ2v) is 4.08. The number of nitrogens with one attached hydrogen (secondary N) is 1. The minimum atomic E-state index is -0.969. The van der Waals surface area contributed by atoms with Crippen LogP contribution in [0.4, 0.5) is 5.82 Å². The summed E-state index contributed by atoms with van der Waals surface area (Å²) in [5, 5.41) is 21.1. The Morgan fingerprint density at radius 1 is 1.21 bits per heavy atom. The lowest BCUT2D eigenvalue weighted by Gasteiger charge is -2.06. The molecule has 3 N–H and O–H groups in total. The first-order valence-corrected chi connectivity index (χ1v) is 5.86. The second-order valence-electron chi connectivity index (χ2n) is 4.08. The Balaban J connectivity index is 1.90. The van der Waals surface area contributed by atoms with Gasteiger partial charge in [0.2, 0.25) is 0 Å². The monoisotopic (exact) mass is 258 g/mol. The van der Waals surface area contributed by atoms with Gasteiger partial charge in [0, 0.05) is 12.7 Å². The first-order chi connectivity index (χ1) is 9.15. The Bertz CT molecular complexity index is 567. The number of pyridine rings is 1. The van der Waals surface area contributed by atoms with Crippen LogP contribution in [0, 0.1) is 0 Å². The van der Waals surface area contributed by atoms with E-state index in [4.69, 9.17) is 10.2 Å². The molecule has 2 rings (SSSR count). The van der Waals surface area contributed by atoms with Crippen LogP contribution in [0.1, 0.15) is 15.9 Å². The first-order valence-electron chi connectivity index (χ1n) is 5.86. The summed E-state index contributed by atoms with van der Waals surface area (Å²) in [5.74, 6) is -0.185. The van der Waals surface area contributed by atoms with E-state index >= 15 is 0 Å². The van der Waals surface area contributed by atoms with E-state index < -0.39 is 5.97 Å². The van der Waals surface area contributed by atoms with Crippen LogP contribution in [0.25, 0.3) is 0 Å². The SMILES string of the molecule is O=C(O)c1ccnc(NCCc2ccc(O)cc2)c1. The molecule has 0 saturated heterocycles. The summed E-state index contributed by atoms with van der Waals surface area (Å²) in [4.78, 5) is 14.9. The van der Waals surface area contributed by atoms with Gasteiger partial charge in [0.25, 0.3) is 0 Å². The molecule has 1 aromatic carbocycles. The van der Waals surface area contributed by atoms with Crippen LogP contribution in [-0.4, -0.2) is 27.7 Å². The third-order valence-electron chi connectivity index (χ3n) is 2.66. The first kappa shape index (κ1) is 12.9. The highest BCUT2D eigenvalue weighted by Gasteiger charge is 2.03. The molecule has 1 heterocycles. The Hall–Kier alpha value is -2.56. The number of phenolic OH excluding ortho intramolecular Hbond substituents is 1. The molecule has 0 fully saturated rings. The van der Waals surface area contributed by atoms with Gasteiger partial charge < -0.3 is 15.5 Å². The van der Waals surface area contributed by atoms with Crippen molar-refractivity contribution in [3.8, 4) is 5.75 Å². The molecular formula is C14H14N2O3. The summed E-state index contributed by atoms with van der Waals surface area (Å²) < 4.78 is 0. The Morgan fingerprint density at radius 3 is 2.63 bits per heavy atom. The summed E-state index contributed by atoms with van der Waals surface area (Å²) in [6.07, 6.45) is 2.23. The third kappa shape index (κ3) is 3.70. The standard InChI is InChI=1S/C14H14N2O3/c17-12-3-1-10(2-4-12)5-7-15-13-9-11(14(18)19)6-8-16-13/h1-4,6,8-9,17H,5,7H2,(H,15,16)(H,18,19). The number of carbonyl (C=O) groups is 1. The number of carboxylic acids is 1. The molecule has 0 radical (unpaired) electrons. The van der Waals surface area contributed by atoms with Crippen molar-refractivity contribution in [2.75, 3.05) is 11.9 Å². The van der Waals surface area contributed by atoms with Gasteiger partial charge in [0.15, 0.2) is 0 Å². The van der Waals surface area contributed by atoms with E-state index in [9.17, 15) is 4.79 Å². The molecule has 0 spiro atoms. The van der Waals surface area contributed by atoms with Crippen LogP contribution >= 0.6 is 0 Å². The quantitative estimate of drug-likeness (QED) is 0.765. The minimum Gasteiger partial charge on any atom is -0.508 e. The van der Waals surface area contributed by atoms with Gasteiger partial charge in [0.1, 0.15) is 11.6 Å². The number of hydrogen-bond acceptors (Lipinski definition) is 4. The number of aromatic carboxylic acids is 1. The van der Waals surface area contributed by atoms with E-state index in [-0.39, 0.29) is 11.3 Å². The zero-order chi connectivity index (χ0) is 13.7. The van der Waals surface area contributed by atoms with Crippen molar-refractivity contribution in [3.63, 3.8) is 0 Å². The van der Waals surface area contributed by atoms with E-state index in [1.165, 1.54) is 18.3 Å². The number of aromatic hydroxyl groups is 1. The van der Waals surface area contributed by atoms with E-state index in [0.29, 0.717) is 12.4 Å². The predicted molar refractivity (Wildman–Crippen MR) is 71.5 cm³/mol. The topological polar surface area (TPSA) is 82.5 Å². The number of nitrogens with zero attached hydrogens (tertiary/aromatic N) is 1. The van der Waals surface area contributed by atoms with Gasteiger partial charge in [0.05, 0.1) is 5.56 Å². The Morgan fingerprint density at radius 2 is 1.95 bits per heavy atom. The molecule has 5 nitrogen and oxygen atoms in total. The highest BCUT2D eigenvalue weighted by atomic mass is 16.4. The summed E-state index contributed by atoms with van der Waals surface area (Å²) in [6, 6.07) is 9.92. The lowest BCUT2D eigenvalue weighted by molar-refractivity contribution is 0.0697. The van der Waals surface area contributed by atoms with Crippen LogP contribution in [0.2, 0.25) is 0 Å². The number of anilines is 1. The fraction of sp³-hybridized carbons (Fsp3) is 0.143. The molecule has 2 aromatic rings. The number of rotatable bonds is 5. The van der Waals surface area contributed by atoms with E-state index in [2.05, 4.69) is 10.3 Å². The van der Waals surface area contributed by atoms with Crippen molar-refractivity contribution in [1.82, 2.24) is 4.98 Å². The average Bonchev–Trinajstić information content (AvgIpc) is 2.41. The Kier molecular flexibility index (Phi) is 3.97. The second kappa shape index (κ2) is 5.86. The van der Waals surface area contributed by atoms with Crippen molar-refractivity contribution in [2.24, 2.45) is 0 Å². The smallest absolute Gasteiger partial charge is 0.335 e. The predicted octanol–water partition coefficient (Wildman–Crippen LogP) is 2.14. The van der Waals surface area contributed by atoms with Gasteiger partial charge in [-0.05, 0) is 36.2 Å². The minimum absolute atomic E-state index is 0.210. The molecular weight excluding hydrogens is 244 g/mol. The normalized spacial score (nSPS) is 10.1. The summed E-state index contributed by atoms with van der Waals surface area (Å²) >= 11 is 0. The van der Waals surface area contributed by atoms with Crippen LogP contribution in [0.5, 0.6) is 5.75 Å². The molecule has 0 aliphatic heterocycles. The van der Waals surface area contributed by atoms with Crippen molar-refractivity contribution >= 4 is 11.8 Å². The van der Waals surface area contributed by atoms with Gasteiger partial charge in [-0.1, -0.05) is 12.1 Å². The van der Waals surface area contributed by atoms with E-state index in [1.54, 1.807) is 12.1 Å². The lowest BCUT2D eigenvalue weighted by atomic mass is 10.1. The number of phenols is 1. The molecule has 19 heavy (non-hydrogen) atoms. The van der Waals surface area contributed by atoms with E-state index in [0.717, 1.165) is 12.0 Å². The molecule has 0 bridgehead atoms. The molecule has 0 amide bonds. The van der Waals surface area contributed by atoms with Gasteiger partial charge in [-0.25, -0.2) is 9.78 Å². The number of carboxylic acid groups (broad SMARTS) is 1. The van der Waals surface area contributed by atoms with E-state index in [1.807, 2.05) is 12.1 Å². The van der Waals surface area contributed by atoms with Crippen molar-refractivity contribution in [3.05, 3.63) is 53.7 Å². The van der Waals surface area contributed by atoms with Crippen LogP contribution in [0.3, 0.4) is 0 Å². The summed E-state index contributed by atoms with van der Waals surface area (Å²) in [6.45, 7) is 0.640. The van der Waals surface area contributed by atoms with Crippen molar-refractivity contribution in [1.29, 1.82) is 0 Å². The van der Waals surface area contributed by atoms with Crippen LogP contribution < -0.4 is 5.32 Å². The zero-order valence-electron chi connectivity index (χ0n) is 10.2. The highest BCUT2D eigenvalue weighted by molar-refractivity contribution is 5.88. The Labute approximate surface area is 110 Å². The fourth-order valence-electron chi connectivity index (χ4n) is 1.66. The van der Waals surface area contributed by atoms with Gasteiger partial charge in [-0.3, -0.25) is 0 Å². The fourth-order valence-corrected chi connectivity index (χ4v) is 1.66. The van der Waals surface area contributed by atoms with Crippen molar-refractivity contribution < 1.29 is 15.0 Å². The van der Waals surface area contributed by atoms with Crippen molar-refractivity contribution in [2.45, 2.75) is 6.42 Å². The highest BCUT2D eigenvalue weighted by Crippen LogP contribution is 2.11. The zero-order valence-corrected chi connectivity index (χ0v) is 10.2. The molecule has 0 unspecified atom stereocenters. The maximum absolute atomic E-state index is 10.8. The van der Waals surface area contributed by atoms with Gasteiger partial charge >= 0.3 is 5.97 Å². The van der Waals surface area contributed by atoms with Crippen LogP contribution in [-0.2, 0) is 6.42 Å². The molecule has 0 aliphatic carbocycles. The molecule has 0 saturated carbocycles. The molecule has 0 atom stereocenters. The summed E-state index contributed by atoms with van der Waals surface area (Å²) in [5.41, 5.74) is 1.29. The maximum atomic E-state index is 10.8. The largest absolute Gasteiger partial charge is 0.508 e. The van der Waals surface area contributed by atoms with Gasteiger partial charge in [-0.2, -0.15) is 0 Å². The lowest BCUT2D eigenvalue weighted by Crippen LogP contribution is -2.07. The number of aromatic nitrogens is 1. The third-order valence-corrected chi connectivity index (χ3v) is 2.66. The maximum Gasteiger partial charge on any atom is 0.335 e.